The number of hydrogen-bond donors (Lipinski definition) is 0. The summed E-state index contributed by atoms with van der Waals surface area (Å²) in [7, 11) is 0. The molecule has 2 fully saturated rings. The Bertz CT molecular complexity index is 414. The van der Waals surface area contributed by atoms with E-state index >= 15 is 0 Å². The Morgan fingerprint density at radius 3 is 2.19 bits per heavy atom. The van der Waals surface area contributed by atoms with Gasteiger partial charge in [-0.3, -0.25) is 4.79 Å². The summed E-state index contributed by atoms with van der Waals surface area (Å²) in [4.78, 5) is 28.0. The number of fused-ring (bicyclic) bond motifs is 1. The maximum absolute atomic E-state index is 12.1. The van der Waals surface area contributed by atoms with Crippen molar-refractivity contribution in [1.82, 2.24) is 9.80 Å². The molecule has 0 aromatic carbocycles. The Kier molecular flexibility index (Phi) is 4.49. The molecule has 2 aliphatic heterocycles. The van der Waals surface area contributed by atoms with Crippen LogP contribution in [0.3, 0.4) is 0 Å². The highest BCUT2D eigenvalue weighted by atomic mass is 16.6. The summed E-state index contributed by atoms with van der Waals surface area (Å²) in [5.74, 6) is 1.21. The van der Waals surface area contributed by atoms with Gasteiger partial charge in [0, 0.05) is 32.1 Å². The Morgan fingerprint density at radius 1 is 1.05 bits per heavy atom. The van der Waals surface area contributed by atoms with Gasteiger partial charge in [0.15, 0.2) is 0 Å². The SMILES string of the molecule is CC(C)C(=O)N1CC2CCN(C(=O)OC(C)(C)C)CC2C1. The maximum atomic E-state index is 12.1. The van der Waals surface area contributed by atoms with Crippen molar-refractivity contribution in [2.45, 2.75) is 46.6 Å². The van der Waals surface area contributed by atoms with Crippen LogP contribution >= 0.6 is 0 Å². The van der Waals surface area contributed by atoms with Crippen molar-refractivity contribution in [3.05, 3.63) is 0 Å². The Balaban J connectivity index is 1.92. The zero-order valence-corrected chi connectivity index (χ0v) is 13.9. The van der Waals surface area contributed by atoms with E-state index in [9.17, 15) is 9.59 Å². The van der Waals surface area contributed by atoms with Gasteiger partial charge in [0.2, 0.25) is 5.91 Å². The Labute approximate surface area is 127 Å². The molecular formula is C16H28N2O3. The summed E-state index contributed by atoms with van der Waals surface area (Å²) < 4.78 is 5.44. The molecule has 0 N–H and O–H groups in total. The van der Waals surface area contributed by atoms with Crippen LogP contribution in [0.4, 0.5) is 4.79 Å². The van der Waals surface area contributed by atoms with E-state index < -0.39 is 5.60 Å². The maximum Gasteiger partial charge on any atom is 0.410 e. The van der Waals surface area contributed by atoms with E-state index in [0.29, 0.717) is 18.4 Å². The second-order valence-electron chi connectivity index (χ2n) is 7.63. The van der Waals surface area contributed by atoms with Crippen LogP contribution in [0.5, 0.6) is 0 Å². The number of carbonyl (C=O) groups is 2. The lowest BCUT2D eigenvalue weighted by Gasteiger charge is -2.35. The minimum absolute atomic E-state index is 0.0483. The van der Waals surface area contributed by atoms with Gasteiger partial charge in [-0.15, -0.1) is 0 Å². The topological polar surface area (TPSA) is 49.9 Å². The number of piperidine rings is 1. The fourth-order valence-electron chi connectivity index (χ4n) is 3.21. The summed E-state index contributed by atoms with van der Waals surface area (Å²) in [6, 6.07) is 0. The van der Waals surface area contributed by atoms with Crippen LogP contribution in [0.2, 0.25) is 0 Å². The molecule has 2 unspecified atom stereocenters. The molecule has 2 amide bonds. The van der Waals surface area contributed by atoms with Gasteiger partial charge in [-0.25, -0.2) is 4.79 Å². The lowest BCUT2D eigenvalue weighted by atomic mass is 9.89. The smallest absolute Gasteiger partial charge is 0.410 e. The van der Waals surface area contributed by atoms with Crippen molar-refractivity contribution in [1.29, 1.82) is 0 Å². The molecule has 5 heteroatoms. The quantitative estimate of drug-likeness (QED) is 0.746. The molecule has 0 aromatic heterocycles. The van der Waals surface area contributed by atoms with Gasteiger partial charge < -0.3 is 14.5 Å². The van der Waals surface area contributed by atoms with Gasteiger partial charge in [-0.1, -0.05) is 13.8 Å². The highest BCUT2D eigenvalue weighted by Gasteiger charge is 2.41. The molecule has 0 saturated carbocycles. The van der Waals surface area contributed by atoms with Crippen molar-refractivity contribution >= 4 is 12.0 Å². The van der Waals surface area contributed by atoms with Crippen LogP contribution in [-0.4, -0.2) is 53.6 Å². The lowest BCUT2D eigenvalue weighted by molar-refractivity contribution is -0.133. The van der Waals surface area contributed by atoms with Crippen LogP contribution in [0, 0.1) is 17.8 Å². The van der Waals surface area contributed by atoms with Gasteiger partial charge in [0.05, 0.1) is 0 Å². The van der Waals surface area contributed by atoms with Gasteiger partial charge in [0.25, 0.3) is 0 Å². The largest absolute Gasteiger partial charge is 0.444 e. The molecule has 0 radical (unpaired) electrons. The number of nitrogens with zero attached hydrogens (tertiary/aromatic N) is 2. The zero-order valence-electron chi connectivity index (χ0n) is 13.9. The average molecular weight is 296 g/mol. The van der Waals surface area contributed by atoms with E-state index in [0.717, 1.165) is 26.1 Å². The molecule has 5 nitrogen and oxygen atoms in total. The van der Waals surface area contributed by atoms with Gasteiger partial charge in [-0.2, -0.15) is 0 Å². The number of amides is 2. The molecule has 0 aromatic rings. The molecule has 2 saturated heterocycles. The van der Waals surface area contributed by atoms with Crippen molar-refractivity contribution in [3.63, 3.8) is 0 Å². The fourth-order valence-corrected chi connectivity index (χ4v) is 3.21. The monoisotopic (exact) mass is 296 g/mol. The molecular weight excluding hydrogens is 268 g/mol. The first kappa shape index (κ1) is 16.1. The normalized spacial score (nSPS) is 26.0. The summed E-state index contributed by atoms with van der Waals surface area (Å²) in [6.45, 7) is 12.6. The predicted octanol–water partition coefficient (Wildman–Crippen LogP) is 2.36. The van der Waals surface area contributed by atoms with Crippen molar-refractivity contribution < 1.29 is 14.3 Å². The molecule has 0 spiro atoms. The second kappa shape index (κ2) is 5.85. The van der Waals surface area contributed by atoms with Crippen LogP contribution in [0.1, 0.15) is 41.0 Å². The van der Waals surface area contributed by atoms with Crippen molar-refractivity contribution in [3.8, 4) is 0 Å². The summed E-state index contributed by atoms with van der Waals surface area (Å²) in [5, 5.41) is 0. The van der Waals surface area contributed by atoms with Gasteiger partial charge in [0.1, 0.15) is 5.60 Å². The lowest BCUT2D eigenvalue weighted by Crippen LogP contribution is -2.45. The molecule has 2 rings (SSSR count). The molecule has 2 aliphatic rings. The van der Waals surface area contributed by atoms with Crippen molar-refractivity contribution in [2.24, 2.45) is 17.8 Å². The number of carbonyl (C=O) groups excluding carboxylic acids is 2. The third-order valence-corrected chi connectivity index (χ3v) is 4.26. The first-order valence-corrected chi connectivity index (χ1v) is 7.94. The minimum Gasteiger partial charge on any atom is -0.444 e. The van der Waals surface area contributed by atoms with E-state index in [1.807, 2.05) is 39.5 Å². The molecule has 2 atom stereocenters. The zero-order chi connectivity index (χ0) is 15.8. The molecule has 21 heavy (non-hydrogen) atoms. The van der Waals surface area contributed by atoms with Crippen LogP contribution in [-0.2, 0) is 9.53 Å². The molecule has 0 aliphatic carbocycles. The van der Waals surface area contributed by atoms with E-state index in [4.69, 9.17) is 4.74 Å². The van der Waals surface area contributed by atoms with E-state index in [1.54, 1.807) is 4.90 Å². The van der Waals surface area contributed by atoms with Crippen LogP contribution in [0.25, 0.3) is 0 Å². The molecule has 2 heterocycles. The third-order valence-electron chi connectivity index (χ3n) is 4.26. The Morgan fingerprint density at radius 2 is 1.62 bits per heavy atom. The van der Waals surface area contributed by atoms with E-state index in [2.05, 4.69) is 0 Å². The van der Waals surface area contributed by atoms with Crippen LogP contribution < -0.4 is 0 Å². The fraction of sp³-hybridized carbons (Fsp3) is 0.875. The van der Waals surface area contributed by atoms with E-state index in [1.165, 1.54) is 0 Å². The van der Waals surface area contributed by atoms with Crippen molar-refractivity contribution in [2.75, 3.05) is 26.2 Å². The van der Waals surface area contributed by atoms with Crippen LogP contribution in [0.15, 0.2) is 0 Å². The second-order valence-corrected chi connectivity index (χ2v) is 7.63. The summed E-state index contributed by atoms with van der Waals surface area (Å²) >= 11 is 0. The predicted molar refractivity (Wildman–Crippen MR) is 80.8 cm³/mol. The number of hydrogen-bond acceptors (Lipinski definition) is 3. The minimum atomic E-state index is -0.455. The van der Waals surface area contributed by atoms with Gasteiger partial charge >= 0.3 is 6.09 Å². The number of rotatable bonds is 1. The first-order valence-electron chi connectivity index (χ1n) is 7.94. The van der Waals surface area contributed by atoms with E-state index in [-0.39, 0.29) is 17.9 Å². The average Bonchev–Trinajstić information content (AvgIpc) is 2.77. The molecule has 0 bridgehead atoms. The highest BCUT2D eigenvalue weighted by molar-refractivity contribution is 5.78. The number of likely N-dealkylation sites (tertiary alicyclic amines) is 2. The summed E-state index contributed by atoms with van der Waals surface area (Å²) in [6.07, 6.45) is 0.737. The van der Waals surface area contributed by atoms with Gasteiger partial charge in [-0.05, 0) is 39.0 Å². The molecule has 120 valence electrons. The highest BCUT2D eigenvalue weighted by Crippen LogP contribution is 2.32. The Hall–Kier alpha value is -1.26. The summed E-state index contributed by atoms with van der Waals surface area (Å²) in [5.41, 5.74) is -0.455. The standard InChI is InChI=1S/C16H28N2O3/c1-11(2)14(19)18-8-12-6-7-17(9-13(12)10-18)15(20)21-16(3,4)5/h11-13H,6-10H2,1-5H3. The number of ether oxygens (including phenoxy) is 1. The first-order chi connectivity index (χ1) is 9.67. The third kappa shape index (κ3) is 3.89.